The van der Waals surface area contributed by atoms with Gasteiger partial charge in [0.15, 0.2) is 0 Å². The molecule has 1 aliphatic rings. The lowest BCUT2D eigenvalue weighted by Crippen LogP contribution is -2.42. The Labute approximate surface area is 64.7 Å². The van der Waals surface area contributed by atoms with E-state index in [1.807, 2.05) is 0 Å². The molecule has 1 fully saturated rings. The molecule has 0 unspecified atom stereocenters. The van der Waals surface area contributed by atoms with Crippen LogP contribution >= 0.6 is 0 Å². The van der Waals surface area contributed by atoms with E-state index in [2.05, 4.69) is 10.3 Å². The smallest absolute Gasteiger partial charge is 0.235 e. The Bertz CT molecular complexity index is 171. The molecule has 1 saturated heterocycles. The molecule has 0 atom stereocenters. The van der Waals surface area contributed by atoms with Crippen molar-refractivity contribution in [2.75, 3.05) is 19.8 Å². The zero-order valence-corrected chi connectivity index (χ0v) is 6.27. The van der Waals surface area contributed by atoms with Crippen molar-refractivity contribution in [1.82, 2.24) is 5.32 Å². The first kappa shape index (κ1) is 8.37. The fraction of sp³-hybridized carbons (Fsp3) is 0.857. The van der Waals surface area contributed by atoms with E-state index in [1.54, 1.807) is 0 Å². The summed E-state index contributed by atoms with van der Waals surface area (Å²) in [5, 5.41) is 3.08. The Morgan fingerprint density at radius 1 is 1.55 bits per heavy atom. The minimum atomic E-state index is -0.757. The molecule has 0 aromatic carbocycles. The third-order valence-electron chi connectivity index (χ3n) is 2.07. The van der Waals surface area contributed by atoms with Gasteiger partial charge < -0.3 is 5.32 Å². The number of carbonyl (C=O) groups excluding carboxylic acids is 1. The Balaban J connectivity index is 2.64. The van der Waals surface area contributed by atoms with E-state index in [9.17, 15) is 9.18 Å². The van der Waals surface area contributed by atoms with E-state index in [-0.39, 0.29) is 0 Å². The third kappa shape index (κ3) is 1.85. The fourth-order valence-electron chi connectivity index (χ4n) is 1.26. The van der Waals surface area contributed by atoms with Crippen LogP contribution in [0.15, 0.2) is 4.99 Å². The maximum Gasteiger partial charge on any atom is 0.235 e. The summed E-state index contributed by atoms with van der Waals surface area (Å²) in [4.78, 5) is 13.5. The van der Waals surface area contributed by atoms with Gasteiger partial charge in [0.25, 0.3) is 0 Å². The van der Waals surface area contributed by atoms with Crippen molar-refractivity contribution in [3.05, 3.63) is 0 Å². The van der Waals surface area contributed by atoms with Gasteiger partial charge in [-0.25, -0.2) is 9.18 Å². The normalized spacial score (nSPS) is 22.3. The van der Waals surface area contributed by atoms with Gasteiger partial charge in [-0.2, -0.15) is 4.99 Å². The van der Waals surface area contributed by atoms with E-state index < -0.39 is 12.2 Å². The topological polar surface area (TPSA) is 41.5 Å². The zero-order chi connectivity index (χ0) is 8.16. The highest BCUT2D eigenvalue weighted by atomic mass is 19.1. The molecule has 0 bridgehead atoms. The lowest BCUT2D eigenvalue weighted by Gasteiger charge is -2.29. The minimum absolute atomic E-state index is 0.552. The number of rotatable bonds is 2. The molecule has 62 valence electrons. The van der Waals surface area contributed by atoms with Gasteiger partial charge in [-0.15, -0.1) is 0 Å². The van der Waals surface area contributed by atoms with Crippen LogP contribution in [0.5, 0.6) is 0 Å². The van der Waals surface area contributed by atoms with E-state index in [0.717, 1.165) is 13.1 Å². The highest BCUT2D eigenvalue weighted by molar-refractivity contribution is 5.35. The Morgan fingerprint density at radius 2 is 2.18 bits per heavy atom. The molecule has 1 rings (SSSR count). The number of piperidine rings is 1. The average Bonchev–Trinajstić information content (AvgIpc) is 2.07. The standard InChI is InChI=1S/C7H11FN2O/c8-5-7(10-6-11)1-3-9-4-2-7/h9H,1-5H2. The monoisotopic (exact) mass is 158 g/mol. The van der Waals surface area contributed by atoms with Gasteiger partial charge >= 0.3 is 0 Å². The van der Waals surface area contributed by atoms with Crippen molar-refractivity contribution in [3.63, 3.8) is 0 Å². The summed E-state index contributed by atoms with van der Waals surface area (Å²) < 4.78 is 12.4. The Kier molecular flexibility index (Phi) is 2.74. The quantitative estimate of drug-likeness (QED) is 0.467. The van der Waals surface area contributed by atoms with E-state index in [0.29, 0.717) is 12.8 Å². The lowest BCUT2D eigenvalue weighted by atomic mass is 9.91. The summed E-state index contributed by atoms with van der Waals surface area (Å²) in [7, 11) is 0. The SMILES string of the molecule is O=C=NC1(CF)CCNCC1. The highest BCUT2D eigenvalue weighted by Gasteiger charge is 2.31. The van der Waals surface area contributed by atoms with Gasteiger partial charge in [0.05, 0.1) is 0 Å². The van der Waals surface area contributed by atoms with E-state index in [4.69, 9.17) is 0 Å². The first-order valence-electron chi connectivity index (χ1n) is 3.69. The van der Waals surface area contributed by atoms with Crippen molar-refractivity contribution >= 4 is 6.08 Å². The second kappa shape index (κ2) is 3.60. The summed E-state index contributed by atoms with van der Waals surface area (Å²) in [6, 6.07) is 0. The zero-order valence-electron chi connectivity index (χ0n) is 6.27. The van der Waals surface area contributed by atoms with Gasteiger partial charge in [-0.3, -0.25) is 0 Å². The molecule has 4 heteroatoms. The number of alkyl halides is 1. The summed E-state index contributed by atoms with van der Waals surface area (Å²) in [5.41, 5.74) is -0.757. The molecule has 0 radical (unpaired) electrons. The van der Waals surface area contributed by atoms with Crippen molar-refractivity contribution in [2.45, 2.75) is 18.4 Å². The van der Waals surface area contributed by atoms with Crippen LogP contribution in [-0.4, -0.2) is 31.4 Å². The van der Waals surface area contributed by atoms with Gasteiger partial charge in [-0.1, -0.05) is 0 Å². The summed E-state index contributed by atoms with van der Waals surface area (Å²) in [6.07, 6.45) is 2.63. The molecule has 1 heterocycles. The molecule has 3 nitrogen and oxygen atoms in total. The first-order chi connectivity index (χ1) is 5.33. The summed E-state index contributed by atoms with van der Waals surface area (Å²) in [6.45, 7) is 0.911. The van der Waals surface area contributed by atoms with Crippen LogP contribution in [0.2, 0.25) is 0 Å². The van der Waals surface area contributed by atoms with Crippen LogP contribution in [0.1, 0.15) is 12.8 Å². The number of nitrogens with zero attached hydrogens (tertiary/aromatic N) is 1. The molecule has 0 amide bonds. The Hall–Kier alpha value is -0.730. The molecular weight excluding hydrogens is 147 g/mol. The van der Waals surface area contributed by atoms with E-state index >= 15 is 0 Å². The van der Waals surface area contributed by atoms with Crippen LogP contribution < -0.4 is 5.32 Å². The summed E-state index contributed by atoms with van der Waals surface area (Å²) >= 11 is 0. The lowest BCUT2D eigenvalue weighted by molar-refractivity contribution is 0.243. The van der Waals surface area contributed by atoms with Crippen molar-refractivity contribution in [2.24, 2.45) is 4.99 Å². The number of hydrogen-bond donors (Lipinski definition) is 1. The van der Waals surface area contributed by atoms with Gasteiger partial charge in [0.2, 0.25) is 6.08 Å². The number of nitrogens with one attached hydrogen (secondary N) is 1. The van der Waals surface area contributed by atoms with Gasteiger partial charge in [0.1, 0.15) is 12.2 Å². The second-order valence-corrected chi connectivity index (χ2v) is 2.81. The largest absolute Gasteiger partial charge is 0.317 e. The van der Waals surface area contributed by atoms with Crippen LogP contribution in [0.3, 0.4) is 0 Å². The first-order valence-corrected chi connectivity index (χ1v) is 3.69. The molecule has 0 aromatic rings. The predicted octanol–water partition coefficient (Wildman–Crippen LogP) is 0.414. The predicted molar refractivity (Wildman–Crippen MR) is 38.9 cm³/mol. The second-order valence-electron chi connectivity index (χ2n) is 2.81. The molecule has 0 spiro atoms. The van der Waals surface area contributed by atoms with Crippen LogP contribution in [0, 0.1) is 0 Å². The van der Waals surface area contributed by atoms with Gasteiger partial charge in [0, 0.05) is 0 Å². The average molecular weight is 158 g/mol. The number of halogens is 1. The number of hydrogen-bond acceptors (Lipinski definition) is 3. The molecule has 0 aromatic heterocycles. The highest BCUT2D eigenvalue weighted by Crippen LogP contribution is 2.22. The fourth-order valence-corrected chi connectivity index (χ4v) is 1.26. The van der Waals surface area contributed by atoms with Crippen molar-refractivity contribution in [1.29, 1.82) is 0 Å². The number of aliphatic imine (C=N–C) groups is 1. The minimum Gasteiger partial charge on any atom is -0.317 e. The van der Waals surface area contributed by atoms with Gasteiger partial charge in [-0.05, 0) is 25.9 Å². The molecule has 11 heavy (non-hydrogen) atoms. The maximum absolute atomic E-state index is 12.4. The maximum atomic E-state index is 12.4. The third-order valence-corrected chi connectivity index (χ3v) is 2.07. The van der Waals surface area contributed by atoms with Crippen molar-refractivity contribution < 1.29 is 9.18 Å². The van der Waals surface area contributed by atoms with E-state index in [1.165, 1.54) is 6.08 Å². The molecule has 0 saturated carbocycles. The number of isocyanates is 1. The van der Waals surface area contributed by atoms with Crippen LogP contribution in [0.25, 0.3) is 0 Å². The van der Waals surface area contributed by atoms with Crippen molar-refractivity contribution in [3.8, 4) is 0 Å². The summed E-state index contributed by atoms with van der Waals surface area (Å²) in [5.74, 6) is 0. The molecular formula is C7H11FN2O. The molecule has 0 aliphatic carbocycles. The molecule has 1 N–H and O–H groups in total. The van der Waals surface area contributed by atoms with Crippen LogP contribution in [0.4, 0.5) is 4.39 Å². The molecule has 1 aliphatic heterocycles. The Morgan fingerprint density at radius 3 is 2.64 bits per heavy atom. The van der Waals surface area contributed by atoms with Crippen LogP contribution in [-0.2, 0) is 4.79 Å².